The Bertz CT molecular complexity index is 917. The number of amides is 1. The van der Waals surface area contributed by atoms with Gasteiger partial charge in [0.2, 0.25) is 0 Å². The lowest BCUT2D eigenvalue weighted by Gasteiger charge is -2.34. The minimum absolute atomic E-state index is 0.158. The number of aromatic nitrogens is 3. The molecule has 1 aliphatic rings. The van der Waals surface area contributed by atoms with Crippen LogP contribution < -0.4 is 5.32 Å². The van der Waals surface area contributed by atoms with Crippen LogP contribution in [0, 0.1) is 0 Å². The fourth-order valence-corrected chi connectivity index (χ4v) is 4.01. The Morgan fingerprint density at radius 2 is 1.90 bits per heavy atom. The second-order valence-corrected chi connectivity index (χ2v) is 7.70. The van der Waals surface area contributed by atoms with Crippen LogP contribution in [0.3, 0.4) is 0 Å². The highest BCUT2D eigenvalue weighted by atomic mass is 16.1. The van der Waals surface area contributed by atoms with Gasteiger partial charge < -0.3 is 10.2 Å². The standard InChI is InChI=1S/C23H27N5O/c1-18(19-6-3-2-4-7-19)17-27-14-10-21(11-15-27)28-22(9-13-25-28)26-23(29)20-8-5-12-24-16-20/h2-9,12-13,16,18,21H,10-11,14-15,17H2,1H3,(H,26,29)/t18-/m0/s1. The maximum absolute atomic E-state index is 12.5. The van der Waals surface area contributed by atoms with E-state index in [4.69, 9.17) is 0 Å². The molecule has 0 unspecified atom stereocenters. The normalized spacial score (nSPS) is 16.4. The zero-order valence-corrected chi connectivity index (χ0v) is 16.7. The number of piperidine rings is 1. The topological polar surface area (TPSA) is 63.1 Å². The Morgan fingerprint density at radius 3 is 2.62 bits per heavy atom. The number of pyridine rings is 1. The van der Waals surface area contributed by atoms with Crippen molar-refractivity contribution in [2.24, 2.45) is 0 Å². The average Bonchev–Trinajstić information content (AvgIpc) is 3.23. The third-order valence-corrected chi connectivity index (χ3v) is 5.64. The lowest BCUT2D eigenvalue weighted by atomic mass is 9.98. The quantitative estimate of drug-likeness (QED) is 0.693. The number of nitrogens with one attached hydrogen (secondary N) is 1. The Hall–Kier alpha value is -2.99. The van der Waals surface area contributed by atoms with E-state index in [9.17, 15) is 4.79 Å². The summed E-state index contributed by atoms with van der Waals surface area (Å²) in [5, 5.41) is 7.46. The molecule has 3 aromatic rings. The summed E-state index contributed by atoms with van der Waals surface area (Å²) in [5.41, 5.74) is 1.94. The van der Waals surface area contributed by atoms with Crippen molar-refractivity contribution in [3.05, 3.63) is 78.2 Å². The maximum Gasteiger partial charge on any atom is 0.258 e. The van der Waals surface area contributed by atoms with Crippen molar-refractivity contribution in [3.63, 3.8) is 0 Å². The number of benzene rings is 1. The van der Waals surface area contributed by atoms with E-state index >= 15 is 0 Å². The predicted molar refractivity (Wildman–Crippen MR) is 114 cm³/mol. The summed E-state index contributed by atoms with van der Waals surface area (Å²) in [6, 6.07) is 16.4. The number of rotatable bonds is 6. The summed E-state index contributed by atoms with van der Waals surface area (Å²) in [4.78, 5) is 19.0. The molecule has 0 bridgehead atoms. The molecule has 1 fully saturated rings. The highest BCUT2D eigenvalue weighted by Crippen LogP contribution is 2.27. The molecule has 1 saturated heterocycles. The lowest BCUT2D eigenvalue weighted by Crippen LogP contribution is -2.37. The number of carbonyl (C=O) groups excluding carboxylic acids is 1. The van der Waals surface area contributed by atoms with Crippen molar-refractivity contribution in [1.29, 1.82) is 0 Å². The summed E-state index contributed by atoms with van der Waals surface area (Å²) in [7, 11) is 0. The molecule has 4 rings (SSSR count). The van der Waals surface area contributed by atoms with Gasteiger partial charge in [-0.2, -0.15) is 5.10 Å². The predicted octanol–water partition coefficient (Wildman–Crippen LogP) is 3.97. The molecule has 1 atom stereocenters. The van der Waals surface area contributed by atoms with Crippen LogP contribution in [-0.2, 0) is 0 Å². The number of likely N-dealkylation sites (tertiary alicyclic amines) is 1. The van der Waals surface area contributed by atoms with E-state index in [-0.39, 0.29) is 5.91 Å². The minimum atomic E-state index is -0.158. The van der Waals surface area contributed by atoms with Crippen LogP contribution in [0.4, 0.5) is 5.82 Å². The fourth-order valence-electron chi connectivity index (χ4n) is 4.01. The van der Waals surface area contributed by atoms with Crippen molar-refractivity contribution in [2.75, 3.05) is 25.0 Å². The Labute approximate surface area is 171 Å². The molecule has 3 heterocycles. The largest absolute Gasteiger partial charge is 0.307 e. The highest BCUT2D eigenvalue weighted by Gasteiger charge is 2.24. The van der Waals surface area contributed by atoms with E-state index in [1.807, 2.05) is 10.7 Å². The van der Waals surface area contributed by atoms with Gasteiger partial charge in [0.15, 0.2) is 0 Å². The highest BCUT2D eigenvalue weighted by molar-refractivity contribution is 6.03. The number of hydrogen-bond donors (Lipinski definition) is 1. The summed E-state index contributed by atoms with van der Waals surface area (Å²) in [5.74, 6) is 1.11. The zero-order chi connectivity index (χ0) is 20.1. The first-order valence-corrected chi connectivity index (χ1v) is 10.2. The van der Waals surface area contributed by atoms with Crippen molar-refractivity contribution >= 4 is 11.7 Å². The summed E-state index contributed by atoms with van der Waals surface area (Å²) >= 11 is 0. The van der Waals surface area contributed by atoms with Gasteiger partial charge in [-0.25, -0.2) is 4.68 Å². The van der Waals surface area contributed by atoms with E-state index in [1.54, 1.807) is 30.7 Å². The molecule has 0 aliphatic carbocycles. The molecular formula is C23H27N5O. The monoisotopic (exact) mass is 389 g/mol. The molecule has 1 aromatic carbocycles. The fraction of sp³-hybridized carbons (Fsp3) is 0.348. The van der Waals surface area contributed by atoms with Gasteiger partial charge in [-0.3, -0.25) is 9.78 Å². The van der Waals surface area contributed by atoms with Gasteiger partial charge in [0.25, 0.3) is 5.91 Å². The first-order valence-electron chi connectivity index (χ1n) is 10.2. The van der Waals surface area contributed by atoms with Crippen LogP contribution in [0.1, 0.15) is 47.6 Å². The number of nitrogens with zero attached hydrogens (tertiary/aromatic N) is 4. The molecule has 0 saturated carbocycles. The van der Waals surface area contributed by atoms with Gasteiger partial charge in [-0.15, -0.1) is 0 Å². The van der Waals surface area contributed by atoms with E-state index in [0.29, 0.717) is 17.5 Å². The number of hydrogen-bond acceptors (Lipinski definition) is 4. The van der Waals surface area contributed by atoms with Crippen LogP contribution in [0.5, 0.6) is 0 Å². The summed E-state index contributed by atoms with van der Waals surface area (Å²) in [6.45, 7) is 5.44. The minimum Gasteiger partial charge on any atom is -0.307 e. The van der Waals surface area contributed by atoms with Crippen molar-refractivity contribution in [1.82, 2.24) is 19.7 Å². The zero-order valence-electron chi connectivity index (χ0n) is 16.7. The molecule has 1 N–H and O–H groups in total. The van der Waals surface area contributed by atoms with Crippen molar-refractivity contribution < 1.29 is 4.79 Å². The van der Waals surface area contributed by atoms with E-state index in [0.717, 1.165) is 38.3 Å². The van der Waals surface area contributed by atoms with E-state index in [1.165, 1.54) is 5.56 Å². The maximum atomic E-state index is 12.5. The summed E-state index contributed by atoms with van der Waals surface area (Å²) in [6.07, 6.45) is 7.04. The Balaban J connectivity index is 1.34. The van der Waals surface area contributed by atoms with E-state index in [2.05, 4.69) is 57.6 Å². The van der Waals surface area contributed by atoms with Crippen LogP contribution >= 0.6 is 0 Å². The van der Waals surface area contributed by atoms with Crippen LogP contribution in [0.25, 0.3) is 0 Å². The third-order valence-electron chi connectivity index (χ3n) is 5.64. The molecule has 1 amide bonds. The van der Waals surface area contributed by atoms with Gasteiger partial charge >= 0.3 is 0 Å². The first-order chi connectivity index (χ1) is 14.2. The van der Waals surface area contributed by atoms with Crippen molar-refractivity contribution in [2.45, 2.75) is 31.7 Å². The third kappa shape index (κ3) is 4.71. The molecule has 0 spiro atoms. The number of carbonyl (C=O) groups is 1. The Morgan fingerprint density at radius 1 is 1.10 bits per heavy atom. The van der Waals surface area contributed by atoms with E-state index < -0.39 is 0 Å². The first kappa shape index (κ1) is 19.3. The Kier molecular flexibility index (Phi) is 6.00. The van der Waals surface area contributed by atoms with Gasteiger partial charge in [0.1, 0.15) is 5.82 Å². The van der Waals surface area contributed by atoms with Crippen LogP contribution in [-0.4, -0.2) is 45.2 Å². The van der Waals surface area contributed by atoms with Crippen LogP contribution in [0.15, 0.2) is 67.1 Å². The molecular weight excluding hydrogens is 362 g/mol. The molecule has 0 radical (unpaired) electrons. The average molecular weight is 390 g/mol. The van der Waals surface area contributed by atoms with Gasteiger partial charge in [-0.05, 0) is 36.5 Å². The second-order valence-electron chi connectivity index (χ2n) is 7.70. The molecule has 6 heteroatoms. The smallest absolute Gasteiger partial charge is 0.258 e. The van der Waals surface area contributed by atoms with Crippen LogP contribution in [0.2, 0.25) is 0 Å². The molecule has 29 heavy (non-hydrogen) atoms. The van der Waals surface area contributed by atoms with Crippen molar-refractivity contribution in [3.8, 4) is 0 Å². The number of anilines is 1. The van der Waals surface area contributed by atoms with Gasteiger partial charge in [0, 0.05) is 38.1 Å². The molecule has 2 aromatic heterocycles. The second kappa shape index (κ2) is 9.01. The SMILES string of the molecule is C[C@@H](CN1CCC(n2nccc2NC(=O)c2cccnc2)CC1)c1ccccc1. The van der Waals surface area contributed by atoms with Gasteiger partial charge in [-0.1, -0.05) is 37.3 Å². The summed E-state index contributed by atoms with van der Waals surface area (Å²) < 4.78 is 1.96. The molecule has 150 valence electrons. The lowest BCUT2D eigenvalue weighted by molar-refractivity contribution is 0.102. The molecule has 1 aliphatic heterocycles. The molecule has 6 nitrogen and oxygen atoms in total. The van der Waals surface area contributed by atoms with Gasteiger partial charge in [0.05, 0.1) is 17.8 Å².